The second-order valence-corrected chi connectivity index (χ2v) is 7.89. The summed E-state index contributed by atoms with van der Waals surface area (Å²) in [6, 6.07) is 5.43. The molecule has 1 fully saturated rings. The fraction of sp³-hybridized carbons (Fsp3) is 0.350. The lowest BCUT2D eigenvalue weighted by molar-refractivity contribution is 0.114. The van der Waals surface area contributed by atoms with Gasteiger partial charge in [0.1, 0.15) is 12.1 Å². The fourth-order valence-electron chi connectivity index (χ4n) is 4.57. The molecule has 2 aliphatic rings. The van der Waals surface area contributed by atoms with Crippen LogP contribution in [0.4, 0.5) is 11.8 Å². The van der Waals surface area contributed by atoms with Crippen molar-refractivity contribution in [2.45, 2.75) is 25.4 Å². The van der Waals surface area contributed by atoms with Crippen LogP contribution in [0.5, 0.6) is 0 Å². The van der Waals surface area contributed by atoms with Gasteiger partial charge in [0, 0.05) is 73.4 Å². The third-order valence-corrected chi connectivity index (χ3v) is 5.75. The molecule has 5 heterocycles. The van der Waals surface area contributed by atoms with Crippen LogP contribution in [0.3, 0.4) is 0 Å². The number of hydrogen-bond acceptors (Lipinski definition) is 8. The van der Waals surface area contributed by atoms with Gasteiger partial charge in [-0.2, -0.15) is 0 Å². The normalized spacial score (nSPS) is 21.0. The third-order valence-electron chi connectivity index (χ3n) is 5.75. The Kier molecular flexibility index (Phi) is 4.24. The van der Waals surface area contributed by atoms with E-state index in [-0.39, 0.29) is 11.5 Å². The van der Waals surface area contributed by atoms with E-state index in [1.54, 1.807) is 24.5 Å². The first-order valence-corrected chi connectivity index (χ1v) is 9.66. The third kappa shape index (κ3) is 3.44. The largest absolute Gasteiger partial charge is 0.384 e. The zero-order valence-corrected chi connectivity index (χ0v) is 15.9. The number of pyridine rings is 1. The van der Waals surface area contributed by atoms with Gasteiger partial charge in [-0.3, -0.25) is 9.69 Å². The number of piperidine rings is 1. The number of fused-ring (bicyclic) bond motifs is 4. The van der Waals surface area contributed by atoms with Gasteiger partial charge in [-0.05, 0) is 18.4 Å². The maximum absolute atomic E-state index is 12.8. The van der Waals surface area contributed by atoms with Crippen LogP contribution >= 0.6 is 0 Å². The molecule has 4 N–H and O–H groups in total. The lowest BCUT2D eigenvalue weighted by Crippen LogP contribution is -2.46. The van der Waals surface area contributed by atoms with E-state index < -0.39 is 0 Å². The molecule has 0 aliphatic carbocycles. The Hall–Kier alpha value is -3.33. The Morgan fingerprint density at radius 1 is 1.00 bits per heavy atom. The van der Waals surface area contributed by atoms with E-state index >= 15 is 0 Å². The first-order chi connectivity index (χ1) is 14.0. The minimum absolute atomic E-state index is 0.0183. The highest BCUT2D eigenvalue weighted by molar-refractivity contribution is 5.61. The Morgan fingerprint density at radius 3 is 2.62 bits per heavy atom. The van der Waals surface area contributed by atoms with Crippen LogP contribution in [-0.4, -0.2) is 42.5 Å². The molecular formula is C20H22N8O. The summed E-state index contributed by atoms with van der Waals surface area (Å²) >= 11 is 0. The van der Waals surface area contributed by atoms with Crippen molar-refractivity contribution in [2.24, 2.45) is 5.92 Å². The van der Waals surface area contributed by atoms with Crippen molar-refractivity contribution in [3.8, 4) is 11.3 Å². The van der Waals surface area contributed by atoms with Crippen molar-refractivity contribution in [3.63, 3.8) is 0 Å². The molecule has 3 aromatic rings. The molecule has 2 atom stereocenters. The average molecular weight is 390 g/mol. The summed E-state index contributed by atoms with van der Waals surface area (Å²) in [6.07, 6.45) is 6.07. The number of hydrogen-bond donors (Lipinski definition) is 2. The quantitative estimate of drug-likeness (QED) is 0.674. The Labute approximate surface area is 167 Å². The molecule has 0 spiro atoms. The molecule has 0 unspecified atom stereocenters. The number of nitrogens with two attached hydrogens (primary N) is 2. The van der Waals surface area contributed by atoms with E-state index in [1.165, 1.54) is 6.33 Å². The minimum atomic E-state index is 0.0183. The summed E-state index contributed by atoms with van der Waals surface area (Å²) in [5.74, 6) is 1.43. The second-order valence-electron chi connectivity index (χ2n) is 7.89. The SMILES string of the molecule is Nc1cc(-c2cc3n(c(=O)c2)C[C@H]2C[C@@H]3CN(Cc3cnc(N)nc3)C2)ncn1. The molecule has 9 heteroatoms. The topological polar surface area (TPSA) is 129 Å². The van der Waals surface area contributed by atoms with Crippen LogP contribution in [0.25, 0.3) is 11.3 Å². The monoisotopic (exact) mass is 390 g/mol. The van der Waals surface area contributed by atoms with Gasteiger partial charge in [-0.1, -0.05) is 0 Å². The van der Waals surface area contributed by atoms with E-state index in [0.29, 0.717) is 23.3 Å². The van der Waals surface area contributed by atoms with Gasteiger partial charge in [0.2, 0.25) is 5.95 Å². The molecular weight excluding hydrogens is 368 g/mol. The zero-order chi connectivity index (χ0) is 20.0. The second kappa shape index (κ2) is 6.93. The van der Waals surface area contributed by atoms with Crippen LogP contribution in [0.1, 0.15) is 23.6 Å². The van der Waals surface area contributed by atoms with Crippen molar-refractivity contribution in [3.05, 3.63) is 58.5 Å². The molecule has 0 radical (unpaired) electrons. The van der Waals surface area contributed by atoms with E-state index in [2.05, 4.69) is 30.9 Å². The van der Waals surface area contributed by atoms with E-state index in [4.69, 9.17) is 11.5 Å². The number of anilines is 2. The predicted octanol–water partition coefficient (Wildman–Crippen LogP) is 0.879. The van der Waals surface area contributed by atoms with Gasteiger partial charge in [0.15, 0.2) is 0 Å². The molecule has 148 valence electrons. The molecule has 0 saturated carbocycles. The predicted molar refractivity (Wildman–Crippen MR) is 109 cm³/mol. The maximum atomic E-state index is 12.8. The first kappa shape index (κ1) is 17.7. The molecule has 9 nitrogen and oxygen atoms in total. The highest BCUT2D eigenvalue weighted by Gasteiger charge is 2.35. The summed E-state index contributed by atoms with van der Waals surface area (Å²) < 4.78 is 1.93. The van der Waals surface area contributed by atoms with Crippen LogP contribution < -0.4 is 17.0 Å². The number of aromatic nitrogens is 5. The Bertz CT molecular complexity index is 1110. The molecule has 0 aromatic carbocycles. The summed E-state index contributed by atoms with van der Waals surface area (Å²) in [4.78, 5) is 31.6. The highest BCUT2D eigenvalue weighted by Crippen LogP contribution is 2.36. The first-order valence-electron chi connectivity index (χ1n) is 9.66. The van der Waals surface area contributed by atoms with Crippen molar-refractivity contribution in [1.82, 2.24) is 29.4 Å². The van der Waals surface area contributed by atoms with Crippen LogP contribution in [0, 0.1) is 5.92 Å². The smallest absolute Gasteiger partial charge is 0.251 e. The standard InChI is InChI=1S/C20H22N8O/c21-18-4-16(25-11-26-18)14-2-17-15-1-12(9-28(17)19(29)3-14)7-27(10-15)8-13-5-23-20(22)24-6-13/h2-6,11-12,15H,1,7-10H2,(H2,21,25,26)(H2,22,23,24)/t12-,15+/m0/s1. The van der Waals surface area contributed by atoms with Crippen molar-refractivity contribution < 1.29 is 0 Å². The summed E-state index contributed by atoms with van der Waals surface area (Å²) in [5.41, 5.74) is 15.0. The van der Waals surface area contributed by atoms with E-state index in [0.717, 1.165) is 49.4 Å². The Balaban J connectivity index is 1.45. The van der Waals surface area contributed by atoms with Gasteiger partial charge in [0.25, 0.3) is 5.56 Å². The zero-order valence-electron chi connectivity index (χ0n) is 15.9. The minimum Gasteiger partial charge on any atom is -0.384 e. The van der Waals surface area contributed by atoms with Gasteiger partial charge >= 0.3 is 0 Å². The Morgan fingerprint density at radius 2 is 1.83 bits per heavy atom. The molecule has 2 aliphatic heterocycles. The summed E-state index contributed by atoms with van der Waals surface area (Å²) in [6.45, 7) is 3.36. The number of nitrogen functional groups attached to an aromatic ring is 2. The van der Waals surface area contributed by atoms with Crippen molar-refractivity contribution in [2.75, 3.05) is 24.6 Å². The number of likely N-dealkylation sites (tertiary alicyclic amines) is 1. The van der Waals surface area contributed by atoms with E-state index in [1.807, 2.05) is 4.57 Å². The molecule has 2 bridgehead atoms. The van der Waals surface area contributed by atoms with Gasteiger partial charge < -0.3 is 16.0 Å². The van der Waals surface area contributed by atoms with Gasteiger partial charge in [-0.15, -0.1) is 0 Å². The lowest BCUT2D eigenvalue weighted by Gasteiger charge is -2.43. The van der Waals surface area contributed by atoms with Crippen molar-refractivity contribution >= 4 is 11.8 Å². The molecule has 3 aromatic heterocycles. The lowest BCUT2D eigenvalue weighted by atomic mass is 9.82. The summed E-state index contributed by atoms with van der Waals surface area (Å²) in [7, 11) is 0. The average Bonchev–Trinajstić information content (AvgIpc) is 2.70. The van der Waals surface area contributed by atoms with Crippen LogP contribution in [0.15, 0.2) is 41.7 Å². The number of rotatable bonds is 3. The van der Waals surface area contributed by atoms with Gasteiger partial charge in [-0.25, -0.2) is 19.9 Å². The van der Waals surface area contributed by atoms with E-state index in [9.17, 15) is 4.79 Å². The van der Waals surface area contributed by atoms with Gasteiger partial charge in [0.05, 0.1) is 5.69 Å². The molecule has 1 saturated heterocycles. The van der Waals surface area contributed by atoms with Crippen molar-refractivity contribution in [1.29, 1.82) is 0 Å². The van der Waals surface area contributed by atoms with Crippen LogP contribution in [-0.2, 0) is 13.1 Å². The maximum Gasteiger partial charge on any atom is 0.251 e. The molecule has 0 amide bonds. The molecule has 29 heavy (non-hydrogen) atoms. The highest BCUT2D eigenvalue weighted by atomic mass is 16.1. The number of nitrogens with zero attached hydrogens (tertiary/aromatic N) is 6. The summed E-state index contributed by atoms with van der Waals surface area (Å²) in [5, 5.41) is 0. The van der Waals surface area contributed by atoms with Crippen LogP contribution in [0.2, 0.25) is 0 Å². The fourth-order valence-corrected chi connectivity index (χ4v) is 4.57. The molecule has 5 rings (SSSR count).